The van der Waals surface area contributed by atoms with Crippen molar-refractivity contribution in [3.8, 4) is 0 Å². The van der Waals surface area contributed by atoms with Gasteiger partial charge in [-0.1, -0.05) is 22.6 Å². The van der Waals surface area contributed by atoms with Crippen LogP contribution in [0.25, 0.3) is 0 Å². The number of hydrogen-bond donors (Lipinski definition) is 0. The monoisotopic (exact) mass is 402 g/mol. The van der Waals surface area contributed by atoms with Gasteiger partial charge in [0.25, 0.3) is 0 Å². The Labute approximate surface area is 141 Å². The summed E-state index contributed by atoms with van der Waals surface area (Å²) < 4.78 is 0.583. The van der Waals surface area contributed by atoms with E-state index in [9.17, 15) is 4.79 Å². The van der Waals surface area contributed by atoms with Crippen molar-refractivity contribution in [3.63, 3.8) is 0 Å². The van der Waals surface area contributed by atoms with Crippen molar-refractivity contribution in [1.82, 2.24) is 9.80 Å². The third-order valence-corrected chi connectivity index (χ3v) is 7.38. The highest BCUT2D eigenvalue weighted by atomic mass is 127. The molecule has 0 spiro atoms. The quantitative estimate of drug-likeness (QED) is 0.403. The molecule has 1 unspecified atom stereocenters. The van der Waals surface area contributed by atoms with Crippen molar-refractivity contribution in [2.24, 2.45) is 23.2 Å². The molecule has 21 heavy (non-hydrogen) atoms. The molecular weight excluding hydrogens is 375 g/mol. The molecule has 3 nitrogen and oxygen atoms in total. The number of carbonyl (C=O) groups excluding carboxylic acids is 1. The zero-order chi connectivity index (χ0) is 14.6. The van der Waals surface area contributed by atoms with Crippen molar-refractivity contribution in [3.05, 3.63) is 0 Å². The van der Waals surface area contributed by atoms with Crippen LogP contribution in [0.3, 0.4) is 0 Å². The molecule has 0 aromatic rings. The van der Waals surface area contributed by atoms with Gasteiger partial charge in [0.2, 0.25) is 5.91 Å². The minimum absolute atomic E-state index is 0.0624. The molecule has 1 aliphatic heterocycles. The fourth-order valence-electron chi connectivity index (χ4n) is 5.99. The fraction of sp³-hybridized carbons (Fsp3) is 0.941. The van der Waals surface area contributed by atoms with Crippen LogP contribution < -0.4 is 0 Å². The molecule has 4 aliphatic carbocycles. The first-order chi connectivity index (χ1) is 10.1. The molecule has 1 atom stereocenters. The second kappa shape index (κ2) is 5.36. The van der Waals surface area contributed by atoms with Crippen LogP contribution in [0, 0.1) is 23.2 Å². The predicted molar refractivity (Wildman–Crippen MR) is 92.2 cm³/mol. The summed E-state index contributed by atoms with van der Waals surface area (Å²) in [5.41, 5.74) is 0.0624. The number of nitrogens with zero attached hydrogens (tertiary/aromatic N) is 2. The van der Waals surface area contributed by atoms with E-state index in [-0.39, 0.29) is 5.41 Å². The van der Waals surface area contributed by atoms with Crippen LogP contribution in [0.5, 0.6) is 0 Å². The summed E-state index contributed by atoms with van der Waals surface area (Å²) in [5.74, 6) is 3.14. The molecule has 4 saturated carbocycles. The number of rotatable bonds is 2. The van der Waals surface area contributed by atoms with Gasteiger partial charge in [-0.2, -0.15) is 0 Å². The number of halogens is 1. The van der Waals surface area contributed by atoms with Gasteiger partial charge >= 0.3 is 0 Å². The van der Waals surface area contributed by atoms with E-state index in [2.05, 4.69) is 39.3 Å². The van der Waals surface area contributed by atoms with Crippen molar-refractivity contribution < 1.29 is 4.79 Å². The van der Waals surface area contributed by atoms with Crippen molar-refractivity contribution in [1.29, 1.82) is 0 Å². The standard InChI is InChI=1S/C17H27IN2O/c1-12(18)19-2-4-20(5-3-19)16(21)17-9-13-6-14(10-17)8-15(7-13)11-17/h12-15H,2-11H2,1H3. The molecule has 4 bridgehead atoms. The van der Waals surface area contributed by atoms with Crippen LogP contribution in [0.4, 0.5) is 0 Å². The number of carbonyl (C=O) groups is 1. The molecule has 1 heterocycles. The molecule has 5 rings (SSSR count). The van der Waals surface area contributed by atoms with Crippen molar-refractivity contribution in [2.75, 3.05) is 26.2 Å². The minimum atomic E-state index is 0.0624. The van der Waals surface area contributed by atoms with E-state index < -0.39 is 0 Å². The van der Waals surface area contributed by atoms with E-state index >= 15 is 0 Å². The summed E-state index contributed by atoms with van der Waals surface area (Å²) >= 11 is 2.48. The Morgan fingerprint density at radius 3 is 1.90 bits per heavy atom. The van der Waals surface area contributed by atoms with Gasteiger partial charge in [0.05, 0.1) is 9.46 Å². The van der Waals surface area contributed by atoms with E-state index in [1.165, 1.54) is 38.5 Å². The zero-order valence-electron chi connectivity index (χ0n) is 13.1. The van der Waals surface area contributed by atoms with Gasteiger partial charge in [0.1, 0.15) is 0 Å². The smallest absolute Gasteiger partial charge is 0.228 e. The SMILES string of the molecule is CC(I)N1CCN(C(=O)C23CC4CC(CC(C4)C2)C3)CC1. The summed E-state index contributed by atoms with van der Waals surface area (Å²) in [5, 5.41) is 0. The van der Waals surface area contributed by atoms with E-state index in [4.69, 9.17) is 0 Å². The third-order valence-electron chi connectivity index (χ3n) is 6.60. The minimum Gasteiger partial charge on any atom is -0.340 e. The molecular formula is C17H27IN2O. The number of alkyl halides is 1. The highest BCUT2D eigenvalue weighted by molar-refractivity contribution is 14.1. The highest BCUT2D eigenvalue weighted by Gasteiger charge is 2.55. The van der Waals surface area contributed by atoms with Gasteiger partial charge in [-0.3, -0.25) is 9.69 Å². The highest BCUT2D eigenvalue weighted by Crippen LogP contribution is 2.60. The average molecular weight is 402 g/mol. The molecule has 118 valence electrons. The third kappa shape index (κ3) is 2.54. The lowest BCUT2D eigenvalue weighted by molar-refractivity contribution is -0.159. The van der Waals surface area contributed by atoms with Crippen LogP contribution in [-0.2, 0) is 4.79 Å². The van der Waals surface area contributed by atoms with Gasteiger partial charge < -0.3 is 4.90 Å². The van der Waals surface area contributed by atoms with Crippen molar-refractivity contribution >= 4 is 28.5 Å². The molecule has 0 aromatic heterocycles. The summed E-state index contributed by atoms with van der Waals surface area (Å²) in [7, 11) is 0. The molecule has 0 N–H and O–H groups in total. The van der Waals surface area contributed by atoms with Gasteiger partial charge in [-0.25, -0.2) is 0 Å². The number of hydrogen-bond acceptors (Lipinski definition) is 2. The summed E-state index contributed by atoms with van der Waals surface area (Å²) in [4.78, 5) is 17.9. The Morgan fingerprint density at radius 1 is 1.00 bits per heavy atom. The van der Waals surface area contributed by atoms with Crippen LogP contribution in [0.1, 0.15) is 45.4 Å². The fourth-order valence-corrected chi connectivity index (χ4v) is 6.55. The normalized spacial score (nSPS) is 44.1. The summed E-state index contributed by atoms with van der Waals surface area (Å²) in [6, 6.07) is 0. The molecule has 5 fully saturated rings. The Bertz CT molecular complexity index is 393. The lowest BCUT2D eigenvalue weighted by Gasteiger charge is -2.57. The first-order valence-electron chi connectivity index (χ1n) is 8.73. The van der Waals surface area contributed by atoms with Gasteiger partial charge in [0.15, 0.2) is 0 Å². The molecule has 4 heteroatoms. The topological polar surface area (TPSA) is 23.6 Å². The summed E-state index contributed by atoms with van der Waals surface area (Å²) in [6.07, 6.45) is 7.90. The van der Waals surface area contributed by atoms with Gasteiger partial charge in [0, 0.05) is 26.2 Å². The molecule has 1 saturated heterocycles. The Kier molecular flexibility index (Phi) is 3.76. The van der Waals surface area contributed by atoms with Crippen LogP contribution in [0.2, 0.25) is 0 Å². The Balaban J connectivity index is 1.46. The first-order valence-corrected chi connectivity index (χ1v) is 9.98. The van der Waals surface area contributed by atoms with Crippen LogP contribution in [0.15, 0.2) is 0 Å². The maximum atomic E-state index is 13.2. The molecule has 0 aromatic carbocycles. The predicted octanol–water partition coefficient (Wildman–Crippen LogP) is 3.13. The Morgan fingerprint density at radius 2 is 1.48 bits per heavy atom. The number of piperazine rings is 1. The first kappa shape index (κ1) is 14.7. The zero-order valence-corrected chi connectivity index (χ0v) is 15.2. The maximum absolute atomic E-state index is 13.2. The molecule has 5 aliphatic rings. The largest absolute Gasteiger partial charge is 0.340 e. The van der Waals surface area contributed by atoms with E-state index in [0.29, 0.717) is 9.96 Å². The number of amides is 1. The maximum Gasteiger partial charge on any atom is 0.228 e. The molecule has 0 radical (unpaired) electrons. The Hall–Kier alpha value is 0.160. The van der Waals surface area contributed by atoms with Crippen LogP contribution >= 0.6 is 22.6 Å². The van der Waals surface area contributed by atoms with Crippen LogP contribution in [-0.4, -0.2) is 45.9 Å². The second-order valence-electron chi connectivity index (χ2n) is 8.10. The lowest BCUT2D eigenvalue weighted by atomic mass is 9.49. The van der Waals surface area contributed by atoms with E-state index in [0.717, 1.165) is 43.9 Å². The second-order valence-corrected chi connectivity index (χ2v) is 9.90. The average Bonchev–Trinajstić information content (AvgIpc) is 2.45. The van der Waals surface area contributed by atoms with Gasteiger partial charge in [-0.15, -0.1) is 0 Å². The van der Waals surface area contributed by atoms with E-state index in [1.54, 1.807) is 0 Å². The van der Waals surface area contributed by atoms with Gasteiger partial charge in [-0.05, 0) is 63.2 Å². The summed E-state index contributed by atoms with van der Waals surface area (Å²) in [6.45, 7) is 6.27. The van der Waals surface area contributed by atoms with Crippen molar-refractivity contribution in [2.45, 2.75) is 49.5 Å². The molecule has 1 amide bonds. The lowest BCUT2D eigenvalue weighted by Crippen LogP contribution is -2.58. The van der Waals surface area contributed by atoms with E-state index in [1.807, 2.05) is 0 Å².